The van der Waals surface area contributed by atoms with Crippen molar-refractivity contribution in [2.45, 2.75) is 39.4 Å². The van der Waals surface area contributed by atoms with E-state index >= 15 is 0 Å². The monoisotopic (exact) mass is 402 g/mol. The lowest BCUT2D eigenvalue weighted by Gasteiger charge is -2.32. The van der Waals surface area contributed by atoms with Gasteiger partial charge in [0.15, 0.2) is 0 Å². The van der Waals surface area contributed by atoms with Crippen LogP contribution < -0.4 is 0 Å². The van der Waals surface area contributed by atoms with Gasteiger partial charge < -0.3 is 9.64 Å². The number of aromatic nitrogens is 3. The Hall–Kier alpha value is -3.12. The Morgan fingerprint density at radius 2 is 1.87 bits per heavy atom. The zero-order valence-electron chi connectivity index (χ0n) is 17.4. The summed E-state index contributed by atoms with van der Waals surface area (Å²) in [5, 5.41) is 8.31. The highest BCUT2D eigenvalue weighted by Crippen LogP contribution is 2.23. The van der Waals surface area contributed by atoms with Crippen LogP contribution in [0.4, 0.5) is 0 Å². The molecule has 0 atom stereocenters. The number of hydrogen-bond donors (Lipinski definition) is 0. The summed E-state index contributed by atoms with van der Waals surface area (Å²) in [6.07, 6.45) is 5.39. The van der Waals surface area contributed by atoms with Crippen LogP contribution in [-0.2, 0) is 11.3 Å². The summed E-state index contributed by atoms with van der Waals surface area (Å²) >= 11 is 0. The summed E-state index contributed by atoms with van der Waals surface area (Å²) in [5.74, 6) is 0.0665. The second-order valence-electron chi connectivity index (χ2n) is 7.70. The molecule has 6 heteroatoms. The SMILES string of the molecule is Cc1cnnc(-c2ccc(C(=O)N3CCC(OCc4ccccn4)CC3)cc2)c1C. The zero-order valence-corrected chi connectivity index (χ0v) is 17.4. The largest absolute Gasteiger partial charge is 0.372 e. The summed E-state index contributed by atoms with van der Waals surface area (Å²) in [6, 6.07) is 13.5. The van der Waals surface area contributed by atoms with Gasteiger partial charge in [0.2, 0.25) is 0 Å². The fourth-order valence-corrected chi connectivity index (χ4v) is 3.67. The smallest absolute Gasteiger partial charge is 0.253 e. The molecule has 1 fully saturated rings. The molecule has 3 aromatic rings. The Bertz CT molecular complexity index is 997. The molecular formula is C24H26N4O2. The van der Waals surface area contributed by atoms with E-state index in [0.717, 1.165) is 40.9 Å². The summed E-state index contributed by atoms with van der Waals surface area (Å²) in [4.78, 5) is 19.1. The molecule has 1 saturated heterocycles. The first-order valence-electron chi connectivity index (χ1n) is 10.3. The lowest BCUT2D eigenvalue weighted by molar-refractivity contribution is -0.00160. The normalized spacial score (nSPS) is 14.7. The van der Waals surface area contributed by atoms with Crippen LogP contribution in [0.2, 0.25) is 0 Å². The molecular weight excluding hydrogens is 376 g/mol. The van der Waals surface area contributed by atoms with E-state index in [-0.39, 0.29) is 12.0 Å². The van der Waals surface area contributed by atoms with E-state index in [1.54, 1.807) is 12.4 Å². The average Bonchev–Trinajstić information content (AvgIpc) is 2.80. The van der Waals surface area contributed by atoms with Gasteiger partial charge in [-0.2, -0.15) is 10.2 Å². The molecule has 0 spiro atoms. The van der Waals surface area contributed by atoms with Gasteiger partial charge in [0.1, 0.15) is 0 Å². The van der Waals surface area contributed by atoms with Crippen molar-refractivity contribution in [2.24, 2.45) is 0 Å². The van der Waals surface area contributed by atoms with E-state index in [1.165, 1.54) is 0 Å². The van der Waals surface area contributed by atoms with Crippen LogP contribution in [0.1, 0.15) is 40.0 Å². The van der Waals surface area contributed by atoms with E-state index < -0.39 is 0 Å². The maximum absolute atomic E-state index is 12.9. The summed E-state index contributed by atoms with van der Waals surface area (Å²) in [7, 11) is 0. The van der Waals surface area contributed by atoms with Crippen LogP contribution in [0.25, 0.3) is 11.3 Å². The van der Waals surface area contributed by atoms with E-state index in [4.69, 9.17) is 4.74 Å². The van der Waals surface area contributed by atoms with Crippen molar-refractivity contribution >= 4 is 5.91 Å². The quantitative estimate of drug-likeness (QED) is 0.646. The maximum Gasteiger partial charge on any atom is 0.253 e. The Kier molecular flexibility index (Phi) is 6.14. The first-order chi connectivity index (χ1) is 14.6. The number of carbonyl (C=O) groups excluding carboxylic acids is 1. The molecule has 1 aliphatic heterocycles. The van der Waals surface area contributed by atoms with Gasteiger partial charge in [-0.05, 0) is 62.1 Å². The average molecular weight is 402 g/mol. The number of carbonyl (C=O) groups is 1. The molecule has 30 heavy (non-hydrogen) atoms. The number of pyridine rings is 1. The number of hydrogen-bond acceptors (Lipinski definition) is 5. The molecule has 4 rings (SSSR count). The lowest BCUT2D eigenvalue weighted by Crippen LogP contribution is -2.40. The van der Waals surface area contributed by atoms with Gasteiger partial charge in [0.25, 0.3) is 5.91 Å². The minimum absolute atomic E-state index is 0.0665. The standard InChI is InChI=1S/C24H26N4O2/c1-17-15-26-27-23(18(17)2)19-6-8-20(9-7-19)24(29)28-13-10-22(11-14-28)30-16-21-5-3-4-12-25-21/h3-9,12,15,22H,10-11,13-14,16H2,1-2H3. The summed E-state index contributed by atoms with van der Waals surface area (Å²) in [5.41, 5.74) is 5.68. The number of benzene rings is 1. The molecule has 1 aliphatic rings. The van der Waals surface area contributed by atoms with Gasteiger partial charge in [-0.3, -0.25) is 9.78 Å². The highest BCUT2D eigenvalue weighted by Gasteiger charge is 2.24. The van der Waals surface area contributed by atoms with E-state index in [1.807, 2.05) is 61.2 Å². The van der Waals surface area contributed by atoms with E-state index in [2.05, 4.69) is 15.2 Å². The second kappa shape index (κ2) is 9.13. The van der Waals surface area contributed by atoms with Crippen LogP contribution >= 0.6 is 0 Å². The van der Waals surface area contributed by atoms with Crippen molar-refractivity contribution < 1.29 is 9.53 Å². The van der Waals surface area contributed by atoms with Crippen LogP contribution in [0.3, 0.4) is 0 Å². The fourth-order valence-electron chi connectivity index (χ4n) is 3.67. The predicted octanol–water partition coefficient (Wildman–Crippen LogP) is 3.98. The first kappa shape index (κ1) is 20.2. The van der Waals surface area contributed by atoms with Crippen molar-refractivity contribution in [1.82, 2.24) is 20.1 Å². The molecule has 154 valence electrons. The van der Waals surface area contributed by atoms with Crippen molar-refractivity contribution in [1.29, 1.82) is 0 Å². The third kappa shape index (κ3) is 4.54. The molecule has 1 amide bonds. The highest BCUT2D eigenvalue weighted by atomic mass is 16.5. The van der Waals surface area contributed by atoms with Crippen molar-refractivity contribution in [3.05, 3.63) is 77.2 Å². The predicted molar refractivity (Wildman–Crippen MR) is 115 cm³/mol. The number of amides is 1. The second-order valence-corrected chi connectivity index (χ2v) is 7.70. The number of ether oxygens (including phenoxy) is 1. The molecule has 3 heterocycles. The van der Waals surface area contributed by atoms with Crippen LogP contribution in [0.5, 0.6) is 0 Å². The third-order valence-electron chi connectivity index (χ3n) is 5.68. The lowest BCUT2D eigenvalue weighted by atomic mass is 10.0. The Labute approximate surface area is 176 Å². The van der Waals surface area contributed by atoms with Gasteiger partial charge >= 0.3 is 0 Å². The van der Waals surface area contributed by atoms with Gasteiger partial charge in [-0.1, -0.05) is 18.2 Å². The molecule has 6 nitrogen and oxygen atoms in total. The van der Waals surface area contributed by atoms with Crippen LogP contribution in [-0.4, -0.2) is 45.2 Å². The molecule has 0 unspecified atom stereocenters. The Balaban J connectivity index is 1.33. The Morgan fingerprint density at radius 1 is 1.10 bits per heavy atom. The number of piperidine rings is 1. The molecule has 2 aromatic heterocycles. The number of likely N-dealkylation sites (tertiary alicyclic amines) is 1. The molecule has 0 radical (unpaired) electrons. The fraction of sp³-hybridized carbons (Fsp3) is 0.333. The maximum atomic E-state index is 12.9. The zero-order chi connectivity index (χ0) is 20.9. The van der Waals surface area contributed by atoms with E-state index in [0.29, 0.717) is 25.3 Å². The topological polar surface area (TPSA) is 68.2 Å². The molecule has 0 N–H and O–H groups in total. The summed E-state index contributed by atoms with van der Waals surface area (Å²) < 4.78 is 5.97. The first-order valence-corrected chi connectivity index (χ1v) is 10.3. The molecule has 0 bridgehead atoms. The van der Waals surface area contributed by atoms with Crippen LogP contribution in [0.15, 0.2) is 54.9 Å². The molecule has 1 aromatic carbocycles. The number of rotatable bonds is 5. The van der Waals surface area contributed by atoms with Gasteiger partial charge in [0, 0.05) is 30.4 Å². The minimum Gasteiger partial charge on any atom is -0.372 e. The van der Waals surface area contributed by atoms with Crippen molar-refractivity contribution in [3.63, 3.8) is 0 Å². The third-order valence-corrected chi connectivity index (χ3v) is 5.68. The van der Waals surface area contributed by atoms with E-state index in [9.17, 15) is 4.79 Å². The number of aryl methyl sites for hydroxylation is 1. The van der Waals surface area contributed by atoms with Crippen molar-refractivity contribution in [2.75, 3.05) is 13.1 Å². The van der Waals surface area contributed by atoms with Gasteiger partial charge in [-0.15, -0.1) is 0 Å². The molecule has 0 saturated carbocycles. The van der Waals surface area contributed by atoms with Gasteiger partial charge in [-0.25, -0.2) is 0 Å². The van der Waals surface area contributed by atoms with Gasteiger partial charge in [0.05, 0.1) is 30.3 Å². The number of nitrogens with zero attached hydrogens (tertiary/aromatic N) is 4. The van der Waals surface area contributed by atoms with Crippen molar-refractivity contribution in [3.8, 4) is 11.3 Å². The Morgan fingerprint density at radius 3 is 2.57 bits per heavy atom. The van der Waals surface area contributed by atoms with Crippen LogP contribution in [0, 0.1) is 13.8 Å². The summed E-state index contributed by atoms with van der Waals surface area (Å²) in [6.45, 7) is 5.99. The minimum atomic E-state index is 0.0665. The molecule has 0 aliphatic carbocycles. The highest BCUT2D eigenvalue weighted by molar-refractivity contribution is 5.94.